The zero-order valence-corrected chi connectivity index (χ0v) is 37.5. The fraction of sp³-hybridized carbons (Fsp3) is 0.104. The minimum Gasteiger partial charge on any atom is -0.396 e. The van der Waals surface area contributed by atoms with Crippen LogP contribution in [0.1, 0.15) is 0 Å². The van der Waals surface area contributed by atoms with Gasteiger partial charge in [-0.25, -0.2) is 4.98 Å². The van der Waals surface area contributed by atoms with Gasteiger partial charge in [0, 0.05) is 71.6 Å². The quantitative estimate of drug-likeness (QED) is 0.121. The molecule has 8 aromatic rings. The van der Waals surface area contributed by atoms with Crippen LogP contribution in [-0.4, -0.2) is 34.0 Å². The second-order valence-corrected chi connectivity index (χ2v) is 22.6. The van der Waals surface area contributed by atoms with E-state index in [-0.39, 0.29) is 6.61 Å². The van der Waals surface area contributed by atoms with E-state index in [0.717, 1.165) is 27.1 Å². The lowest BCUT2D eigenvalue weighted by molar-refractivity contribution is 0.188. The van der Waals surface area contributed by atoms with Gasteiger partial charge in [-0.2, -0.15) is 0 Å². The first kappa shape index (κ1) is 39.0. The largest absolute Gasteiger partial charge is 0.396 e. The number of hydrogen-bond acceptors (Lipinski definition) is 10. The van der Waals surface area contributed by atoms with Gasteiger partial charge in [0.2, 0.25) is 0 Å². The maximum absolute atomic E-state index is 11.6. The molecule has 7 aromatic carbocycles. The molecule has 10 heteroatoms. The van der Waals surface area contributed by atoms with Crippen LogP contribution in [0, 0.1) is 5.41 Å². The molecule has 0 bridgehead atoms. The van der Waals surface area contributed by atoms with Crippen molar-refractivity contribution in [2.24, 2.45) is 5.41 Å². The summed E-state index contributed by atoms with van der Waals surface area (Å²) < 4.78 is 2.24. The SMILES string of the molecule is OCC(CSc1nc2ccccc2s1)(CSc1ccccc1-c1cccc2c1Sc1ccccc1S2)CSc1ccccc1-c1cccc2c1Sc1ccccc1S2. The second kappa shape index (κ2) is 17.4. The lowest BCUT2D eigenvalue weighted by Crippen LogP contribution is -2.34. The normalized spacial score (nSPS) is 13.1. The van der Waals surface area contributed by atoms with Crippen molar-refractivity contribution in [1.29, 1.82) is 0 Å². The van der Waals surface area contributed by atoms with E-state index in [1.807, 2.05) is 70.6 Å². The Labute approximate surface area is 373 Å². The average molecular weight is 898 g/mol. The van der Waals surface area contributed by atoms with Gasteiger partial charge in [-0.1, -0.05) is 156 Å². The van der Waals surface area contributed by atoms with Crippen molar-refractivity contribution in [2.45, 2.75) is 53.3 Å². The number of rotatable bonds is 12. The number of hydrogen-bond donors (Lipinski definition) is 1. The summed E-state index contributed by atoms with van der Waals surface area (Å²) in [7, 11) is 0. The van der Waals surface area contributed by atoms with E-state index >= 15 is 0 Å². The number of nitrogens with zero attached hydrogens (tertiary/aromatic N) is 1. The van der Waals surface area contributed by atoms with Crippen LogP contribution in [0.5, 0.6) is 0 Å². The van der Waals surface area contributed by atoms with Crippen molar-refractivity contribution in [2.75, 3.05) is 23.9 Å². The predicted octanol–water partition coefficient (Wildman–Crippen LogP) is 15.5. The molecule has 0 spiro atoms. The molecule has 0 saturated heterocycles. The van der Waals surface area contributed by atoms with Crippen molar-refractivity contribution < 1.29 is 5.11 Å². The highest BCUT2D eigenvalue weighted by Crippen LogP contribution is 2.54. The van der Waals surface area contributed by atoms with Gasteiger partial charge in [0.25, 0.3) is 0 Å². The third-order valence-corrected chi connectivity index (χ3v) is 20.7. The Hall–Kier alpha value is -3.16. The molecule has 10 rings (SSSR count). The van der Waals surface area contributed by atoms with Crippen LogP contribution in [-0.2, 0) is 0 Å². The molecular weight excluding hydrogens is 863 g/mol. The Morgan fingerprint density at radius 2 is 0.862 bits per heavy atom. The standard InChI is InChI=1S/C48H35NOS8/c50-27-48(30-53-47-49-35-17-3-6-20-38(35)58-47,28-51-36-18-4-1-13-31(36)33-15-11-25-43-45(33)56-41-23-9-7-21-39(41)54-43)29-52-37-19-5-2-14-32(37)34-16-12-26-44-46(34)57-42-24-10-8-22-40(42)55-44/h1-26,50H,27-30H2. The maximum atomic E-state index is 11.6. The first-order valence-electron chi connectivity index (χ1n) is 18.8. The Balaban J connectivity index is 0.961. The fourth-order valence-corrected chi connectivity index (χ4v) is 17.0. The summed E-state index contributed by atoms with van der Waals surface area (Å²) in [6.07, 6.45) is 0. The number of aliphatic hydroxyl groups is 1. The van der Waals surface area contributed by atoms with Crippen molar-refractivity contribution in [3.63, 3.8) is 0 Å². The number of thioether (sulfide) groups is 3. The molecule has 0 unspecified atom stereocenters. The zero-order valence-electron chi connectivity index (χ0n) is 31.0. The van der Waals surface area contributed by atoms with Gasteiger partial charge >= 0.3 is 0 Å². The number of aromatic nitrogens is 1. The maximum Gasteiger partial charge on any atom is 0.151 e. The van der Waals surface area contributed by atoms with Gasteiger partial charge in [0.15, 0.2) is 4.34 Å². The summed E-state index contributed by atoms with van der Waals surface area (Å²) in [6.45, 7) is 0.0727. The van der Waals surface area contributed by atoms with E-state index in [0.29, 0.717) is 0 Å². The van der Waals surface area contributed by atoms with E-state index in [2.05, 4.69) is 158 Å². The first-order valence-corrected chi connectivity index (χ1v) is 25.9. The minimum atomic E-state index is -0.405. The Morgan fingerprint density at radius 1 is 0.431 bits per heavy atom. The van der Waals surface area contributed by atoms with Crippen molar-refractivity contribution in [3.05, 3.63) is 158 Å². The average Bonchev–Trinajstić information content (AvgIpc) is 3.71. The molecule has 0 radical (unpaired) electrons. The van der Waals surface area contributed by atoms with Crippen molar-refractivity contribution >= 4 is 104 Å². The van der Waals surface area contributed by atoms with Gasteiger partial charge in [0.1, 0.15) is 0 Å². The summed E-state index contributed by atoms with van der Waals surface area (Å²) in [5.74, 6) is 2.27. The summed E-state index contributed by atoms with van der Waals surface area (Å²) in [4.78, 5) is 17.9. The highest BCUT2D eigenvalue weighted by Gasteiger charge is 2.33. The molecule has 286 valence electrons. The van der Waals surface area contributed by atoms with Crippen LogP contribution in [0.3, 0.4) is 0 Å². The highest BCUT2D eigenvalue weighted by molar-refractivity contribution is 8.05. The lowest BCUT2D eigenvalue weighted by Gasteiger charge is -2.31. The van der Waals surface area contributed by atoms with Gasteiger partial charge in [-0.15, -0.1) is 34.9 Å². The first-order chi connectivity index (χ1) is 28.6. The van der Waals surface area contributed by atoms with Crippen LogP contribution in [0.4, 0.5) is 0 Å². The van der Waals surface area contributed by atoms with E-state index in [9.17, 15) is 5.11 Å². The Bertz CT molecular complexity index is 2600. The molecule has 2 aliphatic heterocycles. The third kappa shape index (κ3) is 8.05. The zero-order chi connectivity index (χ0) is 38.9. The molecule has 2 nitrogen and oxygen atoms in total. The fourth-order valence-electron chi connectivity index (χ4n) is 7.00. The molecule has 0 fully saturated rings. The number of aliphatic hydroxyl groups excluding tert-OH is 1. The molecule has 0 amide bonds. The van der Waals surface area contributed by atoms with E-state index in [4.69, 9.17) is 4.98 Å². The minimum absolute atomic E-state index is 0.0727. The van der Waals surface area contributed by atoms with E-state index in [1.54, 1.807) is 23.1 Å². The number of fused-ring (bicyclic) bond motifs is 5. The third-order valence-electron chi connectivity index (χ3n) is 10.1. The van der Waals surface area contributed by atoms with Crippen LogP contribution in [0.15, 0.2) is 211 Å². The highest BCUT2D eigenvalue weighted by atomic mass is 32.2. The monoisotopic (exact) mass is 897 g/mol. The lowest BCUT2D eigenvalue weighted by atomic mass is 9.97. The van der Waals surface area contributed by atoms with Crippen LogP contribution >= 0.6 is 93.7 Å². The molecule has 1 aromatic heterocycles. The van der Waals surface area contributed by atoms with Crippen molar-refractivity contribution in [1.82, 2.24) is 4.98 Å². The Kier molecular flexibility index (Phi) is 11.7. The Morgan fingerprint density at radius 3 is 1.40 bits per heavy atom. The van der Waals surface area contributed by atoms with Crippen molar-refractivity contribution in [3.8, 4) is 22.3 Å². The molecule has 58 heavy (non-hydrogen) atoms. The molecule has 1 N–H and O–H groups in total. The molecule has 2 aliphatic rings. The molecular formula is C48H35NOS8. The number of thiazole rings is 1. The van der Waals surface area contributed by atoms with Gasteiger partial charge < -0.3 is 5.11 Å². The van der Waals surface area contributed by atoms with Gasteiger partial charge in [0.05, 0.1) is 16.8 Å². The van der Waals surface area contributed by atoms with Crippen LogP contribution in [0.2, 0.25) is 0 Å². The predicted molar refractivity (Wildman–Crippen MR) is 254 cm³/mol. The topological polar surface area (TPSA) is 33.1 Å². The summed E-state index contributed by atoms with van der Waals surface area (Å²) >= 11 is 14.7. The second-order valence-electron chi connectivity index (χ2n) is 14.0. The molecule has 0 aliphatic carbocycles. The molecule has 0 atom stereocenters. The van der Waals surface area contributed by atoms with Crippen LogP contribution < -0.4 is 0 Å². The van der Waals surface area contributed by atoms with Crippen LogP contribution in [0.25, 0.3) is 32.5 Å². The number of benzene rings is 7. The molecule has 0 saturated carbocycles. The molecule has 3 heterocycles. The summed E-state index contributed by atoms with van der Waals surface area (Å²) in [5.41, 5.74) is 5.64. The smallest absolute Gasteiger partial charge is 0.151 e. The van der Waals surface area contributed by atoms with E-state index < -0.39 is 5.41 Å². The van der Waals surface area contributed by atoms with E-state index in [1.165, 1.54) is 75.9 Å². The summed E-state index contributed by atoms with van der Waals surface area (Å²) in [5, 5.41) is 11.6. The number of para-hydroxylation sites is 1. The van der Waals surface area contributed by atoms with Gasteiger partial charge in [-0.05, 0) is 82.9 Å². The van der Waals surface area contributed by atoms with Gasteiger partial charge in [-0.3, -0.25) is 0 Å². The summed E-state index contributed by atoms with van der Waals surface area (Å²) in [6, 6.07) is 56.8.